The average molecular weight is 265 g/mol. The van der Waals surface area contributed by atoms with Crippen LogP contribution < -0.4 is 0 Å². The van der Waals surface area contributed by atoms with Crippen molar-refractivity contribution in [2.24, 2.45) is 0 Å². The van der Waals surface area contributed by atoms with E-state index in [0.717, 1.165) is 6.20 Å². The third-order valence-electron chi connectivity index (χ3n) is 1.73. The van der Waals surface area contributed by atoms with Gasteiger partial charge in [-0.15, -0.1) is 13.2 Å². The first-order chi connectivity index (χ1) is 6.47. The van der Waals surface area contributed by atoms with E-state index in [1.807, 2.05) is 0 Å². The van der Waals surface area contributed by atoms with Gasteiger partial charge in [-0.3, -0.25) is 0 Å². The van der Waals surface area contributed by atoms with E-state index in [-0.39, 0.29) is 4.68 Å². The zero-order chi connectivity index (χ0) is 10.3. The Hall–Kier alpha value is -1.04. The van der Waals surface area contributed by atoms with Crippen LogP contribution in [0.3, 0.4) is 0 Å². The maximum atomic E-state index is 12.2. The summed E-state index contributed by atoms with van der Waals surface area (Å²) in [5.74, 6) is 0. The van der Waals surface area contributed by atoms with Crippen molar-refractivity contribution in [1.82, 2.24) is 9.78 Å². The lowest BCUT2D eigenvalue weighted by Gasteiger charge is -2.03. The van der Waals surface area contributed by atoms with Crippen LogP contribution in [0, 0.1) is 0 Å². The van der Waals surface area contributed by atoms with E-state index >= 15 is 0 Å². The van der Waals surface area contributed by atoms with Gasteiger partial charge < -0.3 is 0 Å². The molecule has 0 atom stereocenters. The molecule has 0 aliphatic heterocycles. The number of hydrogen-bond acceptors (Lipinski definition) is 1. The number of rotatable bonds is 0. The topological polar surface area (TPSA) is 17.8 Å². The smallest absolute Gasteiger partial charge is 0.178 e. The molecule has 0 bridgehead atoms. The quantitative estimate of drug-likeness (QED) is 0.714. The average Bonchev–Trinajstić information content (AvgIpc) is 2.45. The minimum atomic E-state index is -4.45. The third-order valence-corrected chi connectivity index (χ3v) is 2.22. The molecule has 2 nitrogen and oxygen atoms in total. The van der Waals surface area contributed by atoms with Crippen LogP contribution in [0.2, 0.25) is 0 Å². The van der Waals surface area contributed by atoms with Crippen molar-refractivity contribution in [3.63, 3.8) is 0 Å². The van der Waals surface area contributed by atoms with E-state index < -0.39 is 6.30 Å². The highest BCUT2D eigenvalue weighted by Gasteiger charge is 2.31. The number of nitrogens with zero attached hydrogens (tertiary/aromatic N) is 2. The molecule has 14 heavy (non-hydrogen) atoms. The van der Waals surface area contributed by atoms with Crippen molar-refractivity contribution < 1.29 is 13.2 Å². The van der Waals surface area contributed by atoms with E-state index in [9.17, 15) is 13.2 Å². The second-order valence-corrected chi connectivity index (χ2v) is 3.66. The fourth-order valence-corrected chi connectivity index (χ4v) is 1.47. The van der Waals surface area contributed by atoms with Gasteiger partial charge in [0.05, 0.1) is 5.52 Å². The summed E-state index contributed by atoms with van der Waals surface area (Å²) < 4.78 is 37.4. The molecule has 1 heterocycles. The van der Waals surface area contributed by atoms with E-state index in [1.165, 1.54) is 6.07 Å². The molecule has 0 radical (unpaired) electrons. The molecule has 0 amide bonds. The summed E-state index contributed by atoms with van der Waals surface area (Å²) in [6, 6.07) is 4.79. The van der Waals surface area contributed by atoms with Gasteiger partial charge in [0.2, 0.25) is 0 Å². The van der Waals surface area contributed by atoms with Gasteiger partial charge in [-0.2, -0.15) is 9.78 Å². The van der Waals surface area contributed by atoms with Gasteiger partial charge in [0, 0.05) is 16.1 Å². The summed E-state index contributed by atoms with van der Waals surface area (Å²) in [6.07, 6.45) is -3.49. The van der Waals surface area contributed by atoms with E-state index in [4.69, 9.17) is 0 Å². The van der Waals surface area contributed by atoms with Crippen molar-refractivity contribution >= 4 is 26.8 Å². The first kappa shape index (κ1) is 9.51. The standard InChI is InChI=1S/C8H4BrF3N2/c9-6-2-1-5-4-14(8(10,11)12)13-7(5)3-6/h1-4H. The van der Waals surface area contributed by atoms with Crippen molar-refractivity contribution in [2.75, 3.05) is 0 Å². The lowest BCUT2D eigenvalue weighted by atomic mass is 10.3. The molecular weight excluding hydrogens is 261 g/mol. The van der Waals surface area contributed by atoms with E-state index in [2.05, 4.69) is 21.0 Å². The summed E-state index contributed by atoms with van der Waals surface area (Å²) in [5.41, 5.74) is 0.316. The Kier molecular flexibility index (Phi) is 2.02. The van der Waals surface area contributed by atoms with Crippen LogP contribution in [-0.2, 0) is 6.30 Å². The normalized spacial score (nSPS) is 12.3. The number of aromatic nitrogens is 2. The van der Waals surface area contributed by atoms with Gasteiger partial charge >= 0.3 is 6.30 Å². The second kappa shape index (κ2) is 2.98. The van der Waals surface area contributed by atoms with Gasteiger partial charge in [0.1, 0.15) is 0 Å². The Morgan fingerprint density at radius 3 is 2.64 bits per heavy atom. The molecule has 1 aromatic carbocycles. The van der Waals surface area contributed by atoms with Crippen LogP contribution in [-0.4, -0.2) is 9.78 Å². The van der Waals surface area contributed by atoms with Gasteiger partial charge in [-0.05, 0) is 12.1 Å². The first-order valence-electron chi connectivity index (χ1n) is 3.69. The first-order valence-corrected chi connectivity index (χ1v) is 4.48. The second-order valence-electron chi connectivity index (χ2n) is 2.74. The Balaban J connectivity index is 2.63. The summed E-state index contributed by atoms with van der Waals surface area (Å²) in [7, 11) is 0. The van der Waals surface area contributed by atoms with Crippen molar-refractivity contribution in [2.45, 2.75) is 6.30 Å². The molecule has 0 aliphatic rings. The molecular formula is C8H4BrF3N2. The highest BCUT2D eigenvalue weighted by Crippen LogP contribution is 2.25. The minimum absolute atomic E-state index is 0.00407. The number of benzene rings is 1. The highest BCUT2D eigenvalue weighted by molar-refractivity contribution is 9.10. The Labute approximate surface area is 85.4 Å². The van der Waals surface area contributed by atoms with Crippen LogP contribution in [0.1, 0.15) is 0 Å². The SMILES string of the molecule is FC(F)(F)n1cc2ccc(Br)cc2n1. The molecule has 2 rings (SSSR count). The number of fused-ring (bicyclic) bond motifs is 1. The molecule has 0 N–H and O–H groups in total. The summed E-state index contributed by atoms with van der Waals surface area (Å²) in [6.45, 7) is 0. The summed E-state index contributed by atoms with van der Waals surface area (Å²) in [4.78, 5) is 0. The lowest BCUT2D eigenvalue weighted by Crippen LogP contribution is -2.16. The van der Waals surface area contributed by atoms with Crippen LogP contribution >= 0.6 is 15.9 Å². The zero-order valence-electron chi connectivity index (χ0n) is 6.72. The van der Waals surface area contributed by atoms with Crippen molar-refractivity contribution in [3.8, 4) is 0 Å². The molecule has 2 aromatic rings. The number of alkyl halides is 3. The van der Waals surface area contributed by atoms with Crippen LogP contribution in [0.25, 0.3) is 10.9 Å². The maximum Gasteiger partial charge on any atom is 0.504 e. The molecule has 1 aromatic heterocycles. The van der Waals surface area contributed by atoms with Gasteiger partial charge in [0.15, 0.2) is 0 Å². The molecule has 0 saturated carbocycles. The zero-order valence-corrected chi connectivity index (χ0v) is 8.30. The fourth-order valence-electron chi connectivity index (χ4n) is 1.12. The minimum Gasteiger partial charge on any atom is -0.178 e. The Bertz CT molecular complexity index is 475. The largest absolute Gasteiger partial charge is 0.504 e. The number of hydrogen-bond donors (Lipinski definition) is 0. The van der Waals surface area contributed by atoms with Gasteiger partial charge in [-0.25, -0.2) is 0 Å². The molecule has 74 valence electrons. The molecule has 0 spiro atoms. The van der Waals surface area contributed by atoms with E-state index in [1.54, 1.807) is 12.1 Å². The molecule has 0 fully saturated rings. The molecule has 0 aliphatic carbocycles. The lowest BCUT2D eigenvalue weighted by molar-refractivity contribution is -0.211. The predicted octanol–water partition coefficient (Wildman–Crippen LogP) is 3.28. The Morgan fingerprint density at radius 2 is 2.00 bits per heavy atom. The summed E-state index contributed by atoms with van der Waals surface area (Å²) >= 11 is 3.16. The molecule has 0 unspecified atom stereocenters. The Morgan fingerprint density at radius 1 is 1.29 bits per heavy atom. The van der Waals surface area contributed by atoms with Crippen LogP contribution in [0.5, 0.6) is 0 Å². The number of halogens is 4. The fraction of sp³-hybridized carbons (Fsp3) is 0.125. The molecule has 6 heteroatoms. The van der Waals surface area contributed by atoms with Gasteiger partial charge in [0.25, 0.3) is 0 Å². The highest BCUT2D eigenvalue weighted by atomic mass is 79.9. The van der Waals surface area contributed by atoms with Crippen molar-refractivity contribution in [3.05, 3.63) is 28.9 Å². The van der Waals surface area contributed by atoms with Crippen LogP contribution in [0.15, 0.2) is 28.9 Å². The summed E-state index contributed by atoms with van der Waals surface area (Å²) in [5, 5.41) is 3.87. The maximum absolute atomic E-state index is 12.2. The third kappa shape index (κ3) is 1.61. The predicted molar refractivity (Wildman–Crippen MR) is 48.7 cm³/mol. The van der Waals surface area contributed by atoms with Crippen molar-refractivity contribution in [1.29, 1.82) is 0 Å². The molecule has 0 saturated heterocycles. The monoisotopic (exact) mass is 264 g/mol. The van der Waals surface area contributed by atoms with Crippen LogP contribution in [0.4, 0.5) is 13.2 Å². The van der Waals surface area contributed by atoms with E-state index in [0.29, 0.717) is 15.4 Å². The van der Waals surface area contributed by atoms with Gasteiger partial charge in [-0.1, -0.05) is 22.0 Å².